The summed E-state index contributed by atoms with van der Waals surface area (Å²) in [6.45, 7) is 10.1. The summed E-state index contributed by atoms with van der Waals surface area (Å²) in [6.07, 6.45) is 1.73. The van der Waals surface area contributed by atoms with Crippen LogP contribution >= 0.6 is 27.7 Å². The molecule has 3 rings (SSSR count). The van der Waals surface area contributed by atoms with Crippen molar-refractivity contribution < 1.29 is 9.59 Å². The molecule has 0 aliphatic rings. The molecule has 0 unspecified atom stereocenters. The fourth-order valence-corrected chi connectivity index (χ4v) is 4.13. The second-order valence-corrected chi connectivity index (χ2v) is 9.40. The lowest BCUT2D eigenvalue weighted by molar-refractivity contribution is -0.113. The number of thioether (sulfide) groups is 1. The van der Waals surface area contributed by atoms with Crippen LogP contribution in [0.5, 0.6) is 0 Å². The molecule has 7 nitrogen and oxygen atoms in total. The first-order chi connectivity index (χ1) is 15.8. The molecule has 9 heteroatoms. The van der Waals surface area contributed by atoms with E-state index in [9.17, 15) is 9.59 Å². The quantitative estimate of drug-likeness (QED) is 0.299. The van der Waals surface area contributed by atoms with Crippen LogP contribution < -0.4 is 10.6 Å². The van der Waals surface area contributed by atoms with Gasteiger partial charge in [0.2, 0.25) is 5.91 Å². The monoisotopic (exact) mass is 527 g/mol. The first-order valence-electron chi connectivity index (χ1n) is 10.4. The number of allylic oxidation sites excluding steroid dienone is 1. The van der Waals surface area contributed by atoms with Gasteiger partial charge in [-0.05, 0) is 56.7 Å². The molecule has 0 fully saturated rings. The third kappa shape index (κ3) is 6.55. The highest BCUT2D eigenvalue weighted by atomic mass is 79.9. The van der Waals surface area contributed by atoms with Crippen molar-refractivity contribution in [3.8, 4) is 0 Å². The van der Waals surface area contributed by atoms with Crippen LogP contribution in [0.3, 0.4) is 0 Å². The molecule has 0 bridgehead atoms. The number of amides is 2. The predicted molar refractivity (Wildman–Crippen MR) is 136 cm³/mol. The zero-order valence-corrected chi connectivity index (χ0v) is 21.2. The van der Waals surface area contributed by atoms with E-state index in [1.807, 2.05) is 55.7 Å². The average Bonchev–Trinajstić information content (AvgIpc) is 3.18. The fraction of sp³-hybridized carbons (Fsp3) is 0.250. The highest BCUT2D eigenvalue weighted by molar-refractivity contribution is 9.10. The van der Waals surface area contributed by atoms with E-state index in [1.54, 1.807) is 18.2 Å². The van der Waals surface area contributed by atoms with Gasteiger partial charge in [-0.3, -0.25) is 9.59 Å². The Balaban J connectivity index is 1.65. The zero-order valence-electron chi connectivity index (χ0n) is 18.8. The van der Waals surface area contributed by atoms with Crippen LogP contribution in [0.25, 0.3) is 0 Å². The van der Waals surface area contributed by atoms with Gasteiger partial charge in [0.15, 0.2) is 11.0 Å². The second-order valence-electron chi connectivity index (χ2n) is 7.60. The molecule has 1 atom stereocenters. The van der Waals surface area contributed by atoms with E-state index in [2.05, 4.69) is 43.3 Å². The van der Waals surface area contributed by atoms with E-state index in [0.29, 0.717) is 23.1 Å². The lowest BCUT2D eigenvalue weighted by Gasteiger charge is -2.15. The number of aromatic nitrogens is 3. The molecule has 0 aliphatic carbocycles. The van der Waals surface area contributed by atoms with Crippen molar-refractivity contribution in [1.29, 1.82) is 0 Å². The van der Waals surface area contributed by atoms with Crippen LogP contribution in [-0.4, -0.2) is 32.3 Å². The van der Waals surface area contributed by atoms with Gasteiger partial charge in [-0.2, -0.15) is 0 Å². The van der Waals surface area contributed by atoms with Crippen LogP contribution in [0.2, 0.25) is 0 Å². The van der Waals surface area contributed by atoms with Crippen molar-refractivity contribution in [2.45, 2.75) is 38.5 Å². The van der Waals surface area contributed by atoms with Gasteiger partial charge in [0.25, 0.3) is 5.91 Å². The largest absolute Gasteiger partial charge is 0.342 e. The number of hydrogen-bond acceptors (Lipinski definition) is 5. The van der Waals surface area contributed by atoms with Gasteiger partial charge in [-0.1, -0.05) is 51.5 Å². The van der Waals surface area contributed by atoms with Crippen LogP contribution in [-0.2, 0) is 11.3 Å². The van der Waals surface area contributed by atoms with E-state index in [4.69, 9.17) is 0 Å². The summed E-state index contributed by atoms with van der Waals surface area (Å²) >= 11 is 4.74. The first-order valence-corrected chi connectivity index (χ1v) is 12.2. The number of nitrogens with zero attached hydrogens (tertiary/aromatic N) is 3. The summed E-state index contributed by atoms with van der Waals surface area (Å²) < 4.78 is 2.85. The minimum atomic E-state index is -0.375. The zero-order chi connectivity index (χ0) is 24.0. The molecule has 2 amide bonds. The molecular formula is C24H26BrN5O2S. The van der Waals surface area contributed by atoms with Crippen molar-refractivity contribution in [1.82, 2.24) is 20.1 Å². The standard InChI is InChI=1S/C24H26BrN5O2S/c1-5-12-30-22(17(4)26-23(32)18-8-6-15(2)7-9-18)28-29-24(30)33-14-21(31)27-19-10-11-20(25)16(3)13-19/h5-11,13,17H,1,12,14H2,2-4H3,(H,26,32)(H,27,31)/t17-/m0/s1. The molecule has 2 aromatic carbocycles. The van der Waals surface area contributed by atoms with Crippen LogP contribution in [0.1, 0.15) is 40.3 Å². The molecule has 0 saturated carbocycles. The molecular weight excluding hydrogens is 502 g/mol. The number of anilines is 1. The molecule has 33 heavy (non-hydrogen) atoms. The summed E-state index contributed by atoms with van der Waals surface area (Å²) in [5.74, 6) is 0.446. The number of rotatable bonds is 9. The Labute approximate surface area is 206 Å². The molecule has 0 saturated heterocycles. The van der Waals surface area contributed by atoms with Crippen LogP contribution in [0, 0.1) is 13.8 Å². The van der Waals surface area contributed by atoms with Crippen molar-refractivity contribution in [2.24, 2.45) is 0 Å². The third-order valence-electron chi connectivity index (χ3n) is 4.88. The summed E-state index contributed by atoms with van der Waals surface area (Å²) in [6, 6.07) is 12.7. The lowest BCUT2D eigenvalue weighted by atomic mass is 10.1. The Morgan fingerprint density at radius 1 is 1.18 bits per heavy atom. The Hall–Kier alpha value is -2.91. The van der Waals surface area contributed by atoms with Gasteiger partial charge in [-0.25, -0.2) is 0 Å². The highest BCUT2D eigenvalue weighted by Gasteiger charge is 2.20. The van der Waals surface area contributed by atoms with Crippen LogP contribution in [0.4, 0.5) is 5.69 Å². The summed E-state index contributed by atoms with van der Waals surface area (Å²) in [5.41, 5.74) is 3.45. The van der Waals surface area contributed by atoms with E-state index in [0.717, 1.165) is 21.3 Å². The number of nitrogens with one attached hydrogen (secondary N) is 2. The summed E-state index contributed by atoms with van der Waals surface area (Å²) in [5, 5.41) is 15.0. The average molecular weight is 528 g/mol. The van der Waals surface area contributed by atoms with E-state index in [1.165, 1.54) is 11.8 Å². The van der Waals surface area contributed by atoms with E-state index < -0.39 is 0 Å². The summed E-state index contributed by atoms with van der Waals surface area (Å²) in [4.78, 5) is 25.0. The normalized spacial score (nSPS) is 11.6. The van der Waals surface area contributed by atoms with E-state index in [-0.39, 0.29) is 23.6 Å². The molecule has 2 N–H and O–H groups in total. The Morgan fingerprint density at radius 2 is 1.91 bits per heavy atom. The smallest absolute Gasteiger partial charge is 0.251 e. The summed E-state index contributed by atoms with van der Waals surface area (Å²) in [7, 11) is 0. The van der Waals surface area contributed by atoms with Crippen molar-refractivity contribution >= 4 is 45.2 Å². The first kappa shape index (κ1) is 24.7. The number of hydrogen-bond donors (Lipinski definition) is 2. The fourth-order valence-electron chi connectivity index (χ4n) is 3.13. The van der Waals surface area contributed by atoms with Crippen molar-refractivity contribution in [2.75, 3.05) is 11.1 Å². The second kappa shape index (κ2) is 11.3. The van der Waals surface area contributed by atoms with E-state index >= 15 is 0 Å². The third-order valence-corrected chi connectivity index (χ3v) is 6.74. The molecule has 0 radical (unpaired) electrons. The minimum Gasteiger partial charge on any atom is -0.342 e. The number of halogens is 1. The van der Waals surface area contributed by atoms with Crippen molar-refractivity contribution in [3.63, 3.8) is 0 Å². The number of carbonyl (C=O) groups is 2. The molecule has 0 spiro atoms. The predicted octanol–water partition coefficient (Wildman–Crippen LogP) is 5.07. The Bertz CT molecular complexity index is 1160. The van der Waals surface area contributed by atoms with Crippen LogP contribution in [0.15, 0.2) is 64.7 Å². The topological polar surface area (TPSA) is 88.9 Å². The van der Waals surface area contributed by atoms with Crippen molar-refractivity contribution in [3.05, 3.63) is 82.1 Å². The number of carbonyl (C=O) groups excluding carboxylic acids is 2. The van der Waals surface area contributed by atoms with Gasteiger partial charge in [0.05, 0.1) is 11.8 Å². The van der Waals surface area contributed by atoms with Gasteiger partial charge in [-0.15, -0.1) is 16.8 Å². The SMILES string of the molecule is C=CCn1c(SCC(=O)Nc2ccc(Br)c(C)c2)nnc1[C@H](C)NC(=O)c1ccc(C)cc1. The Kier molecular flexibility index (Phi) is 8.46. The highest BCUT2D eigenvalue weighted by Crippen LogP contribution is 2.23. The maximum Gasteiger partial charge on any atom is 0.251 e. The minimum absolute atomic E-state index is 0.142. The molecule has 3 aromatic rings. The molecule has 1 aromatic heterocycles. The van der Waals surface area contributed by atoms with Gasteiger partial charge >= 0.3 is 0 Å². The molecule has 172 valence electrons. The molecule has 0 aliphatic heterocycles. The maximum absolute atomic E-state index is 12.6. The molecule has 1 heterocycles. The van der Waals surface area contributed by atoms with Gasteiger partial charge < -0.3 is 15.2 Å². The number of aryl methyl sites for hydroxylation is 2. The lowest BCUT2D eigenvalue weighted by Crippen LogP contribution is -2.28. The van der Waals surface area contributed by atoms with Gasteiger partial charge in [0, 0.05) is 22.3 Å². The maximum atomic E-state index is 12.6. The number of benzene rings is 2. The van der Waals surface area contributed by atoms with Gasteiger partial charge in [0.1, 0.15) is 0 Å². The Morgan fingerprint density at radius 3 is 2.58 bits per heavy atom.